The van der Waals surface area contributed by atoms with Gasteiger partial charge in [0.25, 0.3) is 5.69 Å². The number of piperazine rings is 1. The Kier molecular flexibility index (Phi) is 8.57. The van der Waals surface area contributed by atoms with Gasteiger partial charge in [0, 0.05) is 51.4 Å². The Morgan fingerprint density at radius 2 is 1.66 bits per heavy atom. The number of carbonyl (C=O) groups excluding carboxylic acids is 1. The van der Waals surface area contributed by atoms with Crippen molar-refractivity contribution in [2.75, 3.05) is 52.9 Å². The summed E-state index contributed by atoms with van der Waals surface area (Å²) in [6, 6.07) is 2.36. The summed E-state index contributed by atoms with van der Waals surface area (Å²) in [5.74, 6) is -0.183. The Balaban J connectivity index is 1.59. The third-order valence-corrected chi connectivity index (χ3v) is 5.95. The molecule has 1 aromatic rings. The number of likely N-dealkylation sites (tertiary alicyclic amines) is 1. The third-order valence-electron chi connectivity index (χ3n) is 5.95. The molecule has 1 amide bonds. The van der Waals surface area contributed by atoms with E-state index in [2.05, 4.69) is 9.64 Å². The molecule has 0 bridgehead atoms. The van der Waals surface area contributed by atoms with Gasteiger partial charge in [-0.05, 0) is 18.9 Å². The minimum absolute atomic E-state index is 0.0209. The van der Waals surface area contributed by atoms with Crippen LogP contribution in [0.5, 0.6) is 11.5 Å². The van der Waals surface area contributed by atoms with E-state index in [1.807, 2.05) is 9.80 Å². The van der Waals surface area contributed by atoms with E-state index >= 15 is 0 Å². The van der Waals surface area contributed by atoms with Crippen molar-refractivity contribution in [3.8, 4) is 11.5 Å². The number of alkyl halides is 2. The predicted molar refractivity (Wildman–Crippen MR) is 113 cm³/mol. The van der Waals surface area contributed by atoms with Crippen LogP contribution in [0.3, 0.4) is 0 Å². The van der Waals surface area contributed by atoms with Crippen molar-refractivity contribution in [3.05, 3.63) is 27.8 Å². The fourth-order valence-corrected chi connectivity index (χ4v) is 4.19. The van der Waals surface area contributed by atoms with Gasteiger partial charge >= 0.3 is 6.61 Å². The molecule has 0 atom stereocenters. The second-order valence-electron chi connectivity index (χ2n) is 8.11. The second kappa shape index (κ2) is 11.4. The molecule has 0 saturated carbocycles. The minimum Gasteiger partial charge on any atom is -0.493 e. The Morgan fingerprint density at radius 1 is 1.03 bits per heavy atom. The zero-order valence-corrected chi connectivity index (χ0v) is 18.3. The summed E-state index contributed by atoms with van der Waals surface area (Å²) in [4.78, 5) is 29.6. The number of nitrogens with zero attached hydrogens (tertiary/aromatic N) is 4. The van der Waals surface area contributed by atoms with Crippen molar-refractivity contribution in [1.29, 1.82) is 0 Å². The molecular weight excluding hydrogens is 426 g/mol. The Hall–Kier alpha value is -2.53. The van der Waals surface area contributed by atoms with Gasteiger partial charge in [-0.1, -0.05) is 12.8 Å². The summed E-state index contributed by atoms with van der Waals surface area (Å²) in [5, 5.41) is 11.5. The van der Waals surface area contributed by atoms with Crippen molar-refractivity contribution in [2.45, 2.75) is 38.8 Å². The van der Waals surface area contributed by atoms with Crippen LogP contribution >= 0.6 is 0 Å². The highest BCUT2D eigenvalue weighted by atomic mass is 19.3. The summed E-state index contributed by atoms with van der Waals surface area (Å²) >= 11 is 0. The van der Waals surface area contributed by atoms with Gasteiger partial charge < -0.3 is 14.4 Å². The van der Waals surface area contributed by atoms with Crippen LogP contribution in [0.15, 0.2) is 12.1 Å². The molecule has 2 aliphatic rings. The lowest BCUT2D eigenvalue weighted by atomic mass is 10.1. The summed E-state index contributed by atoms with van der Waals surface area (Å²) in [5.41, 5.74) is 0.0720. The predicted octanol–water partition coefficient (Wildman–Crippen LogP) is 2.73. The van der Waals surface area contributed by atoms with Crippen LogP contribution in [0.2, 0.25) is 0 Å². The lowest BCUT2D eigenvalue weighted by Gasteiger charge is -2.35. The average molecular weight is 456 g/mol. The number of hydrogen-bond acceptors (Lipinski definition) is 7. The van der Waals surface area contributed by atoms with Crippen LogP contribution in [-0.4, -0.2) is 85.1 Å². The topological polar surface area (TPSA) is 88.4 Å². The van der Waals surface area contributed by atoms with E-state index in [4.69, 9.17) is 4.74 Å². The molecule has 2 fully saturated rings. The van der Waals surface area contributed by atoms with E-state index in [1.165, 1.54) is 26.0 Å². The number of nitro benzene ring substituents is 1. The summed E-state index contributed by atoms with van der Waals surface area (Å²) in [6.45, 7) is 1.85. The van der Waals surface area contributed by atoms with Crippen molar-refractivity contribution in [3.63, 3.8) is 0 Å². The lowest BCUT2D eigenvalue weighted by molar-refractivity contribution is -0.385. The Morgan fingerprint density at radius 3 is 2.22 bits per heavy atom. The van der Waals surface area contributed by atoms with Crippen molar-refractivity contribution in [1.82, 2.24) is 14.7 Å². The van der Waals surface area contributed by atoms with Crippen molar-refractivity contribution < 1.29 is 28.0 Å². The molecule has 0 aliphatic carbocycles. The normalized spacial score (nSPS) is 18.4. The second-order valence-corrected chi connectivity index (χ2v) is 8.11. The number of benzene rings is 1. The number of carbonyl (C=O) groups is 1. The quantitative estimate of drug-likeness (QED) is 0.439. The maximum atomic E-state index is 12.6. The largest absolute Gasteiger partial charge is 0.493 e. The average Bonchev–Trinajstić information content (AvgIpc) is 3.05. The molecule has 3 rings (SSSR count). The molecule has 178 valence electrons. The highest BCUT2D eigenvalue weighted by Gasteiger charge is 2.26. The van der Waals surface area contributed by atoms with Gasteiger partial charge in [0.05, 0.1) is 24.6 Å². The number of amides is 1. The first kappa shape index (κ1) is 24.1. The molecule has 0 spiro atoms. The maximum absolute atomic E-state index is 12.6. The van der Waals surface area contributed by atoms with Gasteiger partial charge in [0.2, 0.25) is 5.91 Å². The Bertz CT molecular complexity index is 795. The van der Waals surface area contributed by atoms with E-state index in [-0.39, 0.29) is 29.6 Å². The van der Waals surface area contributed by atoms with Gasteiger partial charge in [0.15, 0.2) is 11.5 Å². The first-order valence-electron chi connectivity index (χ1n) is 10.9. The number of halogens is 2. The molecule has 2 aliphatic heterocycles. The number of methoxy groups -OCH3 is 1. The monoisotopic (exact) mass is 456 g/mol. The molecule has 0 radical (unpaired) electrons. The lowest BCUT2D eigenvalue weighted by Crippen LogP contribution is -2.49. The van der Waals surface area contributed by atoms with E-state index < -0.39 is 11.5 Å². The van der Waals surface area contributed by atoms with Gasteiger partial charge in [-0.15, -0.1) is 0 Å². The van der Waals surface area contributed by atoms with Gasteiger partial charge in [-0.2, -0.15) is 8.78 Å². The summed E-state index contributed by atoms with van der Waals surface area (Å²) in [7, 11) is 1.30. The highest BCUT2D eigenvalue weighted by molar-refractivity contribution is 5.78. The standard InChI is InChI=1S/C21H30F2N4O5/c1-31-18-12-16(17(27(29)30)13-19(18)32-21(22)23)14-24-8-10-25(11-9-24)15-20(28)26-6-4-2-3-5-7-26/h12-13,21H,2-11,14-15H2,1H3. The molecule has 1 aromatic carbocycles. The molecule has 0 N–H and O–H groups in total. The van der Waals surface area contributed by atoms with E-state index in [0.717, 1.165) is 32.0 Å². The fraction of sp³-hybridized carbons (Fsp3) is 0.667. The molecular formula is C21H30F2N4O5. The number of ether oxygens (including phenoxy) is 2. The van der Waals surface area contributed by atoms with Crippen LogP contribution in [0.4, 0.5) is 14.5 Å². The minimum atomic E-state index is -3.11. The van der Waals surface area contributed by atoms with E-state index in [1.54, 1.807) is 0 Å². The van der Waals surface area contributed by atoms with Gasteiger partial charge in [-0.3, -0.25) is 24.7 Å². The molecule has 0 aromatic heterocycles. The molecule has 32 heavy (non-hydrogen) atoms. The molecule has 9 nitrogen and oxygen atoms in total. The third kappa shape index (κ3) is 6.49. The molecule has 0 unspecified atom stereocenters. The van der Waals surface area contributed by atoms with E-state index in [0.29, 0.717) is 38.3 Å². The van der Waals surface area contributed by atoms with Crippen LogP contribution in [0, 0.1) is 10.1 Å². The van der Waals surface area contributed by atoms with Crippen LogP contribution in [0.25, 0.3) is 0 Å². The van der Waals surface area contributed by atoms with Crippen LogP contribution < -0.4 is 9.47 Å². The maximum Gasteiger partial charge on any atom is 0.387 e. The first-order chi connectivity index (χ1) is 15.4. The van der Waals surface area contributed by atoms with Crippen LogP contribution in [0.1, 0.15) is 31.2 Å². The van der Waals surface area contributed by atoms with Gasteiger partial charge in [-0.25, -0.2) is 0 Å². The summed E-state index contributed by atoms with van der Waals surface area (Å²) in [6.07, 6.45) is 4.47. The molecule has 11 heteroatoms. The highest BCUT2D eigenvalue weighted by Crippen LogP contribution is 2.36. The number of hydrogen-bond donors (Lipinski definition) is 0. The first-order valence-corrected chi connectivity index (χ1v) is 10.9. The van der Waals surface area contributed by atoms with Crippen molar-refractivity contribution in [2.24, 2.45) is 0 Å². The zero-order chi connectivity index (χ0) is 23.1. The number of nitro groups is 1. The fourth-order valence-electron chi connectivity index (χ4n) is 4.19. The number of rotatable bonds is 8. The van der Waals surface area contributed by atoms with Crippen molar-refractivity contribution >= 4 is 11.6 Å². The zero-order valence-electron chi connectivity index (χ0n) is 18.3. The SMILES string of the molecule is COc1cc(CN2CCN(CC(=O)N3CCCCCC3)CC2)c([N+](=O)[O-])cc1OC(F)F. The Labute approximate surface area is 186 Å². The van der Waals surface area contributed by atoms with Gasteiger partial charge in [0.1, 0.15) is 0 Å². The summed E-state index contributed by atoms with van der Waals surface area (Å²) < 4.78 is 34.7. The smallest absolute Gasteiger partial charge is 0.387 e. The molecule has 2 saturated heterocycles. The van der Waals surface area contributed by atoms with E-state index in [9.17, 15) is 23.7 Å². The van der Waals surface area contributed by atoms with Crippen LogP contribution in [-0.2, 0) is 11.3 Å². The molecule has 2 heterocycles.